The predicted octanol–water partition coefficient (Wildman–Crippen LogP) is 2.91. The van der Waals surface area contributed by atoms with E-state index in [4.69, 9.17) is 4.74 Å². The minimum Gasteiger partial charge on any atom is -0.378 e. The zero-order valence-electron chi connectivity index (χ0n) is 15.9. The van der Waals surface area contributed by atoms with Gasteiger partial charge in [0.25, 0.3) is 5.56 Å². The lowest BCUT2D eigenvalue weighted by molar-refractivity contribution is 0.122. The van der Waals surface area contributed by atoms with Crippen LogP contribution in [0.25, 0.3) is 22.1 Å². The van der Waals surface area contributed by atoms with Gasteiger partial charge in [-0.25, -0.2) is 9.38 Å². The molecule has 0 radical (unpaired) electrons. The minimum absolute atomic E-state index is 0.00279. The van der Waals surface area contributed by atoms with Crippen molar-refractivity contribution in [2.24, 2.45) is 0 Å². The van der Waals surface area contributed by atoms with E-state index in [0.29, 0.717) is 4.53 Å². The number of morpholine rings is 1. The van der Waals surface area contributed by atoms with E-state index in [-0.39, 0.29) is 5.56 Å². The molecule has 0 bridgehead atoms. The van der Waals surface area contributed by atoms with Crippen LogP contribution in [0.4, 0.5) is 5.69 Å². The van der Waals surface area contributed by atoms with Crippen LogP contribution in [0.15, 0.2) is 41.2 Å². The van der Waals surface area contributed by atoms with Gasteiger partial charge in [0.2, 0.25) is 0 Å². The summed E-state index contributed by atoms with van der Waals surface area (Å²) in [6.07, 6.45) is 1.96. The number of hydrogen-bond acceptors (Lipinski definition) is 5. The van der Waals surface area contributed by atoms with E-state index < -0.39 is 0 Å². The zero-order valence-corrected chi connectivity index (χ0v) is 16.8. The summed E-state index contributed by atoms with van der Waals surface area (Å²) in [6, 6.07) is 12.5. The van der Waals surface area contributed by atoms with Crippen molar-refractivity contribution in [3.8, 4) is 0 Å². The molecule has 0 aliphatic carbocycles. The number of anilines is 1. The van der Waals surface area contributed by atoms with Gasteiger partial charge in [-0.2, -0.15) is 0 Å². The van der Waals surface area contributed by atoms with E-state index in [1.165, 1.54) is 28.2 Å². The number of imidazole rings is 1. The number of ether oxygens (including phenoxy) is 1. The van der Waals surface area contributed by atoms with Crippen LogP contribution >= 0.6 is 11.3 Å². The van der Waals surface area contributed by atoms with Crippen molar-refractivity contribution in [2.45, 2.75) is 13.8 Å². The summed E-state index contributed by atoms with van der Waals surface area (Å²) in [6.45, 7) is 7.52. The molecule has 3 heterocycles. The highest BCUT2D eigenvalue weighted by molar-refractivity contribution is 7.15. The van der Waals surface area contributed by atoms with Crippen LogP contribution in [0.2, 0.25) is 0 Å². The molecule has 1 aliphatic heterocycles. The fourth-order valence-electron chi connectivity index (χ4n) is 3.67. The molecule has 6 heteroatoms. The van der Waals surface area contributed by atoms with Gasteiger partial charge in [0.1, 0.15) is 0 Å². The molecule has 0 atom stereocenters. The Morgan fingerprint density at radius 2 is 1.79 bits per heavy atom. The highest BCUT2D eigenvalue weighted by atomic mass is 32.1. The van der Waals surface area contributed by atoms with Gasteiger partial charge in [0.05, 0.1) is 28.8 Å². The Labute approximate surface area is 166 Å². The minimum atomic E-state index is 0.00279. The highest BCUT2D eigenvalue weighted by Crippen LogP contribution is 2.21. The normalized spacial score (nSPS) is 15.8. The molecule has 5 rings (SSSR count). The van der Waals surface area contributed by atoms with Crippen molar-refractivity contribution >= 4 is 39.1 Å². The van der Waals surface area contributed by atoms with Gasteiger partial charge >= 0.3 is 0 Å². The average molecular weight is 391 g/mol. The molecule has 142 valence electrons. The molecule has 0 N–H and O–H groups in total. The Bertz CT molecular complexity index is 1280. The van der Waals surface area contributed by atoms with E-state index in [1.54, 1.807) is 4.40 Å². The number of thiazole rings is 1. The number of fused-ring (bicyclic) bond motifs is 3. The third-order valence-corrected chi connectivity index (χ3v) is 6.39. The van der Waals surface area contributed by atoms with Gasteiger partial charge in [-0.05, 0) is 60.9 Å². The first-order valence-corrected chi connectivity index (χ1v) is 10.3. The van der Waals surface area contributed by atoms with Crippen molar-refractivity contribution in [1.29, 1.82) is 0 Å². The quantitative estimate of drug-likeness (QED) is 0.527. The maximum absolute atomic E-state index is 13.0. The molecular formula is C22H21N3O2S. The summed E-state index contributed by atoms with van der Waals surface area (Å²) in [5, 5.41) is 0. The number of benzene rings is 2. The van der Waals surface area contributed by atoms with Crippen molar-refractivity contribution in [3.05, 3.63) is 68.0 Å². The summed E-state index contributed by atoms with van der Waals surface area (Å²) < 4.78 is 7.86. The summed E-state index contributed by atoms with van der Waals surface area (Å²) in [7, 11) is 0. The van der Waals surface area contributed by atoms with Gasteiger partial charge in [0.15, 0.2) is 4.96 Å². The molecule has 0 amide bonds. The van der Waals surface area contributed by atoms with Gasteiger partial charge < -0.3 is 9.64 Å². The molecule has 2 aromatic heterocycles. The summed E-state index contributed by atoms with van der Waals surface area (Å²) in [5.74, 6) is 0. The second kappa shape index (κ2) is 6.72. The largest absolute Gasteiger partial charge is 0.378 e. The molecule has 1 fully saturated rings. The van der Waals surface area contributed by atoms with Gasteiger partial charge in [-0.15, -0.1) is 0 Å². The van der Waals surface area contributed by atoms with E-state index >= 15 is 0 Å². The number of nitrogens with zero attached hydrogens (tertiary/aromatic N) is 3. The van der Waals surface area contributed by atoms with Gasteiger partial charge in [0, 0.05) is 18.8 Å². The number of rotatable bonds is 2. The Balaban J connectivity index is 1.55. The lowest BCUT2D eigenvalue weighted by Gasteiger charge is -2.28. The fraction of sp³-hybridized carbons (Fsp3) is 0.273. The lowest BCUT2D eigenvalue weighted by Crippen LogP contribution is -2.36. The third kappa shape index (κ3) is 2.89. The number of hydrogen-bond donors (Lipinski definition) is 0. The molecule has 0 saturated carbocycles. The van der Waals surface area contributed by atoms with E-state index in [9.17, 15) is 4.79 Å². The van der Waals surface area contributed by atoms with Crippen LogP contribution in [0.5, 0.6) is 0 Å². The molecule has 4 aromatic rings. The SMILES string of the molecule is Cc1cc2nc3s/c(=C\c4ccc(N5CCOCC5)cc4)c(=O)n3c2cc1C. The predicted molar refractivity (Wildman–Crippen MR) is 115 cm³/mol. The van der Waals surface area contributed by atoms with Crippen molar-refractivity contribution in [1.82, 2.24) is 9.38 Å². The van der Waals surface area contributed by atoms with Crippen LogP contribution in [0, 0.1) is 13.8 Å². The highest BCUT2D eigenvalue weighted by Gasteiger charge is 2.13. The Morgan fingerprint density at radius 3 is 2.54 bits per heavy atom. The van der Waals surface area contributed by atoms with Gasteiger partial charge in [-0.1, -0.05) is 23.5 Å². The van der Waals surface area contributed by atoms with Crippen molar-refractivity contribution < 1.29 is 4.74 Å². The number of aryl methyl sites for hydroxylation is 2. The second-order valence-corrected chi connectivity index (χ2v) is 8.27. The molecule has 0 unspecified atom stereocenters. The first kappa shape index (κ1) is 17.4. The van der Waals surface area contributed by atoms with Crippen molar-refractivity contribution in [2.75, 3.05) is 31.2 Å². The molecule has 1 saturated heterocycles. The van der Waals surface area contributed by atoms with Crippen LogP contribution in [-0.2, 0) is 4.74 Å². The van der Waals surface area contributed by atoms with Crippen LogP contribution < -0.4 is 15.0 Å². The number of aromatic nitrogens is 2. The molecule has 28 heavy (non-hydrogen) atoms. The zero-order chi connectivity index (χ0) is 19.3. The first-order chi connectivity index (χ1) is 13.6. The van der Waals surface area contributed by atoms with Crippen molar-refractivity contribution in [3.63, 3.8) is 0 Å². The van der Waals surface area contributed by atoms with Crippen LogP contribution in [0.1, 0.15) is 16.7 Å². The summed E-state index contributed by atoms with van der Waals surface area (Å²) in [4.78, 5) is 20.7. The van der Waals surface area contributed by atoms with Crippen LogP contribution in [0.3, 0.4) is 0 Å². The Morgan fingerprint density at radius 1 is 1.07 bits per heavy atom. The molecule has 5 nitrogen and oxygen atoms in total. The van der Waals surface area contributed by atoms with Gasteiger partial charge in [-0.3, -0.25) is 4.79 Å². The fourth-order valence-corrected chi connectivity index (χ4v) is 4.66. The molecule has 0 spiro atoms. The molecule has 2 aromatic carbocycles. The standard InChI is InChI=1S/C22H21N3O2S/c1-14-11-18-19(12-15(14)2)25-21(26)20(28-22(25)23-18)13-16-3-5-17(6-4-16)24-7-9-27-10-8-24/h3-6,11-13H,7-10H2,1-2H3/b20-13-. The lowest BCUT2D eigenvalue weighted by atomic mass is 10.1. The topological polar surface area (TPSA) is 46.8 Å². The Hall–Kier alpha value is -2.70. The Kier molecular flexibility index (Phi) is 4.18. The van der Waals surface area contributed by atoms with Crippen LogP contribution in [-0.4, -0.2) is 35.7 Å². The summed E-state index contributed by atoms with van der Waals surface area (Å²) in [5.41, 5.74) is 6.36. The maximum atomic E-state index is 13.0. The molecule has 1 aliphatic rings. The monoisotopic (exact) mass is 391 g/mol. The second-order valence-electron chi connectivity index (χ2n) is 7.26. The smallest absolute Gasteiger partial charge is 0.274 e. The third-order valence-electron chi connectivity index (χ3n) is 5.42. The van der Waals surface area contributed by atoms with E-state index in [2.05, 4.69) is 60.1 Å². The first-order valence-electron chi connectivity index (χ1n) is 9.47. The average Bonchev–Trinajstić information content (AvgIpc) is 3.20. The van der Waals surface area contributed by atoms with E-state index in [1.807, 2.05) is 6.08 Å². The maximum Gasteiger partial charge on any atom is 0.274 e. The molecular weight excluding hydrogens is 370 g/mol. The summed E-state index contributed by atoms with van der Waals surface area (Å²) >= 11 is 1.45. The van der Waals surface area contributed by atoms with E-state index in [0.717, 1.165) is 47.9 Å².